The minimum absolute atomic E-state index is 1.05. The molecule has 2 heterocycles. The molecule has 3 nitrogen and oxygen atoms in total. The lowest BCUT2D eigenvalue weighted by Gasteiger charge is -2.04. The summed E-state index contributed by atoms with van der Waals surface area (Å²) in [6, 6.07) is 8.60. The van der Waals surface area contributed by atoms with Gasteiger partial charge in [-0.2, -0.15) is 5.10 Å². The first-order valence-corrected chi connectivity index (χ1v) is 7.39. The quantitative estimate of drug-likeness (QED) is 0.796. The van der Waals surface area contributed by atoms with Crippen LogP contribution in [0, 0.1) is 3.57 Å². The summed E-state index contributed by atoms with van der Waals surface area (Å²) >= 11 is 2.33. The molecule has 4 heteroatoms. The van der Waals surface area contributed by atoms with Gasteiger partial charge >= 0.3 is 0 Å². The van der Waals surface area contributed by atoms with E-state index in [1.54, 1.807) is 0 Å². The monoisotopic (exact) mass is 353 g/mol. The van der Waals surface area contributed by atoms with Crippen LogP contribution in [0.4, 0.5) is 5.82 Å². The molecule has 0 radical (unpaired) electrons. The Labute approximate surface area is 121 Å². The van der Waals surface area contributed by atoms with Gasteiger partial charge in [-0.1, -0.05) is 12.1 Å². The van der Waals surface area contributed by atoms with E-state index in [0.29, 0.717) is 0 Å². The zero-order chi connectivity index (χ0) is 12.5. The van der Waals surface area contributed by atoms with Crippen molar-refractivity contribution in [3.8, 4) is 11.3 Å². The Kier molecular flexibility index (Phi) is 3.28. The molecule has 2 aromatic rings. The van der Waals surface area contributed by atoms with E-state index in [-0.39, 0.29) is 0 Å². The number of hydrogen-bond donors (Lipinski definition) is 1. The van der Waals surface area contributed by atoms with Gasteiger partial charge in [0.2, 0.25) is 0 Å². The lowest BCUT2D eigenvalue weighted by molar-refractivity contribution is 0.757. The van der Waals surface area contributed by atoms with Crippen LogP contribution in [0.3, 0.4) is 0 Å². The Morgan fingerprint density at radius 2 is 2.00 bits per heavy atom. The molecule has 0 bridgehead atoms. The largest absolute Gasteiger partial charge is 0.370 e. The zero-order valence-corrected chi connectivity index (χ0v) is 12.6. The van der Waals surface area contributed by atoms with Crippen LogP contribution < -0.4 is 5.32 Å². The molecule has 18 heavy (non-hydrogen) atoms. The van der Waals surface area contributed by atoms with Gasteiger partial charge in [-0.15, -0.1) is 0 Å². The van der Waals surface area contributed by atoms with E-state index >= 15 is 0 Å². The minimum atomic E-state index is 1.05. The van der Waals surface area contributed by atoms with Crippen molar-refractivity contribution < 1.29 is 0 Å². The summed E-state index contributed by atoms with van der Waals surface area (Å²) in [5.41, 5.74) is 3.73. The van der Waals surface area contributed by atoms with E-state index in [1.807, 2.05) is 11.7 Å². The van der Waals surface area contributed by atoms with Crippen LogP contribution in [0.5, 0.6) is 0 Å². The first-order valence-electron chi connectivity index (χ1n) is 6.31. The van der Waals surface area contributed by atoms with Gasteiger partial charge in [0, 0.05) is 28.3 Å². The Bertz CT molecular complexity index is 557. The highest BCUT2D eigenvalue weighted by Crippen LogP contribution is 2.31. The second kappa shape index (κ2) is 4.91. The molecule has 0 unspecified atom stereocenters. The van der Waals surface area contributed by atoms with Crippen LogP contribution in [0.25, 0.3) is 11.3 Å². The van der Waals surface area contributed by atoms with Gasteiger partial charge in [0.15, 0.2) is 0 Å². The Hall–Kier alpha value is -1.04. The highest BCUT2D eigenvalue weighted by atomic mass is 127. The topological polar surface area (TPSA) is 29.9 Å². The molecule has 94 valence electrons. The van der Waals surface area contributed by atoms with Crippen molar-refractivity contribution >= 4 is 28.4 Å². The number of aromatic nitrogens is 2. The van der Waals surface area contributed by atoms with Crippen LogP contribution in [-0.2, 0) is 13.5 Å². The smallest absolute Gasteiger partial charge is 0.127 e. The average molecular weight is 353 g/mol. The molecular weight excluding hydrogens is 337 g/mol. The number of halogens is 1. The van der Waals surface area contributed by atoms with Crippen molar-refractivity contribution in [1.82, 2.24) is 9.78 Å². The summed E-state index contributed by atoms with van der Waals surface area (Å²) in [4.78, 5) is 0. The number of anilines is 1. The highest BCUT2D eigenvalue weighted by molar-refractivity contribution is 14.1. The van der Waals surface area contributed by atoms with Crippen LogP contribution >= 0.6 is 22.6 Å². The molecule has 0 amide bonds. The molecule has 1 aliphatic heterocycles. The summed E-state index contributed by atoms with van der Waals surface area (Å²) in [5.74, 6) is 1.20. The maximum atomic E-state index is 4.69. The van der Waals surface area contributed by atoms with E-state index < -0.39 is 0 Å². The molecule has 0 spiro atoms. The second-order valence-electron chi connectivity index (χ2n) is 4.69. The van der Waals surface area contributed by atoms with Gasteiger partial charge in [0.05, 0.1) is 5.69 Å². The predicted octanol–water partition coefficient (Wildman–Crippen LogP) is 3.44. The van der Waals surface area contributed by atoms with Gasteiger partial charge in [0.1, 0.15) is 5.82 Å². The third-order valence-electron chi connectivity index (χ3n) is 3.41. The fraction of sp³-hybridized carbons (Fsp3) is 0.357. The lowest BCUT2D eigenvalue weighted by Crippen LogP contribution is -2.04. The van der Waals surface area contributed by atoms with E-state index in [0.717, 1.165) is 18.7 Å². The molecule has 3 rings (SSSR count). The lowest BCUT2D eigenvalue weighted by atomic mass is 10.0. The molecule has 1 N–H and O–H groups in total. The van der Waals surface area contributed by atoms with E-state index in [4.69, 9.17) is 0 Å². The number of nitrogens with one attached hydrogen (secondary N) is 1. The van der Waals surface area contributed by atoms with Gasteiger partial charge in [-0.3, -0.25) is 4.68 Å². The zero-order valence-electron chi connectivity index (χ0n) is 10.4. The number of nitrogens with zero attached hydrogens (tertiary/aromatic N) is 2. The summed E-state index contributed by atoms with van der Waals surface area (Å²) in [7, 11) is 2.02. The van der Waals surface area contributed by atoms with Gasteiger partial charge in [-0.25, -0.2) is 0 Å². The Morgan fingerprint density at radius 3 is 2.78 bits per heavy atom. The van der Waals surface area contributed by atoms with Crippen LogP contribution in [0.2, 0.25) is 0 Å². The molecule has 0 aliphatic carbocycles. The highest BCUT2D eigenvalue weighted by Gasteiger charge is 2.18. The minimum Gasteiger partial charge on any atom is -0.370 e. The Morgan fingerprint density at radius 1 is 1.22 bits per heavy atom. The van der Waals surface area contributed by atoms with Crippen LogP contribution in [0.15, 0.2) is 24.3 Å². The number of fused-ring (bicyclic) bond motifs is 1. The molecule has 0 atom stereocenters. The van der Waals surface area contributed by atoms with Crippen molar-refractivity contribution in [2.24, 2.45) is 7.05 Å². The summed E-state index contributed by atoms with van der Waals surface area (Å²) in [6.45, 7) is 1.05. The van der Waals surface area contributed by atoms with Crippen molar-refractivity contribution in [2.75, 3.05) is 11.9 Å². The van der Waals surface area contributed by atoms with Crippen molar-refractivity contribution in [1.29, 1.82) is 0 Å². The molecule has 1 aliphatic rings. The normalized spacial score (nSPS) is 14.8. The average Bonchev–Trinajstić information content (AvgIpc) is 2.56. The maximum absolute atomic E-state index is 4.69. The van der Waals surface area contributed by atoms with Crippen LogP contribution in [0.1, 0.15) is 18.4 Å². The maximum Gasteiger partial charge on any atom is 0.127 e. The first kappa shape index (κ1) is 12.0. The van der Waals surface area contributed by atoms with E-state index in [9.17, 15) is 0 Å². The SMILES string of the molecule is Cn1nc(-c2ccc(I)cc2)c2c1NCCCC2. The first-order chi connectivity index (χ1) is 8.75. The molecule has 0 saturated heterocycles. The van der Waals surface area contributed by atoms with E-state index in [2.05, 4.69) is 57.3 Å². The number of aryl methyl sites for hydroxylation is 1. The molecule has 1 aromatic heterocycles. The van der Waals surface area contributed by atoms with E-state index in [1.165, 1.54) is 33.4 Å². The van der Waals surface area contributed by atoms with Crippen molar-refractivity contribution in [2.45, 2.75) is 19.3 Å². The Balaban J connectivity index is 2.09. The van der Waals surface area contributed by atoms with Crippen LogP contribution in [-0.4, -0.2) is 16.3 Å². The fourth-order valence-electron chi connectivity index (χ4n) is 2.50. The summed E-state index contributed by atoms with van der Waals surface area (Å²) in [6.07, 6.45) is 3.60. The standard InChI is InChI=1S/C14H16IN3/c1-18-14-12(4-2-3-9-16-14)13(17-18)10-5-7-11(15)8-6-10/h5-8,16H,2-4,9H2,1H3. The van der Waals surface area contributed by atoms with Crippen molar-refractivity contribution in [3.05, 3.63) is 33.4 Å². The molecule has 0 saturated carbocycles. The third-order valence-corrected chi connectivity index (χ3v) is 4.13. The van der Waals surface area contributed by atoms with Crippen molar-refractivity contribution in [3.63, 3.8) is 0 Å². The number of hydrogen-bond acceptors (Lipinski definition) is 2. The number of rotatable bonds is 1. The fourth-order valence-corrected chi connectivity index (χ4v) is 2.86. The predicted molar refractivity (Wildman–Crippen MR) is 82.8 cm³/mol. The molecule has 0 fully saturated rings. The van der Waals surface area contributed by atoms with Gasteiger partial charge < -0.3 is 5.32 Å². The second-order valence-corrected chi connectivity index (χ2v) is 5.94. The van der Waals surface area contributed by atoms with Gasteiger partial charge in [0.25, 0.3) is 0 Å². The van der Waals surface area contributed by atoms with Gasteiger partial charge in [-0.05, 0) is 54.0 Å². The third kappa shape index (κ3) is 2.13. The summed E-state index contributed by atoms with van der Waals surface area (Å²) < 4.78 is 3.24. The summed E-state index contributed by atoms with van der Waals surface area (Å²) in [5, 5.41) is 8.18. The molecule has 1 aromatic carbocycles. The number of benzene rings is 1. The molecular formula is C14H16IN3.